The first kappa shape index (κ1) is 15.1. The Morgan fingerprint density at radius 1 is 1.12 bits per heavy atom. The van der Waals surface area contributed by atoms with Gasteiger partial charge in [0, 0.05) is 38.2 Å². The molecular weight excluding hydrogens is 300 g/mol. The summed E-state index contributed by atoms with van der Waals surface area (Å²) in [5.74, 6) is 0.507. The van der Waals surface area contributed by atoms with E-state index in [2.05, 4.69) is 28.2 Å². The SMILES string of the molecule is Cn1ccc(C2CCN(Cc3ccn4nccc4c3)CC2)cc1=O. The van der Waals surface area contributed by atoms with Gasteiger partial charge in [-0.25, -0.2) is 4.52 Å². The molecule has 0 unspecified atom stereocenters. The van der Waals surface area contributed by atoms with Crippen molar-refractivity contribution in [1.29, 1.82) is 0 Å². The molecule has 24 heavy (non-hydrogen) atoms. The van der Waals surface area contributed by atoms with Crippen LogP contribution in [0.2, 0.25) is 0 Å². The highest BCUT2D eigenvalue weighted by molar-refractivity contribution is 5.47. The van der Waals surface area contributed by atoms with Gasteiger partial charge in [0.25, 0.3) is 5.56 Å². The molecule has 0 aromatic carbocycles. The number of aromatic nitrogens is 3. The summed E-state index contributed by atoms with van der Waals surface area (Å²) >= 11 is 0. The molecule has 0 saturated carbocycles. The summed E-state index contributed by atoms with van der Waals surface area (Å²) in [7, 11) is 1.80. The van der Waals surface area contributed by atoms with Crippen molar-refractivity contribution in [3.63, 3.8) is 0 Å². The maximum Gasteiger partial charge on any atom is 0.250 e. The molecule has 0 N–H and O–H groups in total. The summed E-state index contributed by atoms with van der Waals surface area (Å²) < 4.78 is 3.52. The Balaban J connectivity index is 1.40. The number of nitrogens with zero attached hydrogens (tertiary/aromatic N) is 4. The lowest BCUT2D eigenvalue weighted by Crippen LogP contribution is -2.32. The van der Waals surface area contributed by atoms with E-state index < -0.39 is 0 Å². The molecule has 5 heteroatoms. The smallest absolute Gasteiger partial charge is 0.250 e. The molecule has 4 heterocycles. The van der Waals surface area contributed by atoms with Crippen molar-refractivity contribution in [3.8, 4) is 0 Å². The minimum absolute atomic E-state index is 0.0871. The minimum atomic E-state index is 0.0871. The van der Waals surface area contributed by atoms with Gasteiger partial charge in [-0.3, -0.25) is 9.69 Å². The summed E-state index contributed by atoms with van der Waals surface area (Å²) in [4.78, 5) is 14.3. The lowest BCUT2D eigenvalue weighted by molar-refractivity contribution is 0.204. The van der Waals surface area contributed by atoms with E-state index in [9.17, 15) is 4.79 Å². The number of piperidine rings is 1. The maximum atomic E-state index is 11.8. The number of hydrogen-bond acceptors (Lipinski definition) is 3. The van der Waals surface area contributed by atoms with Crippen LogP contribution >= 0.6 is 0 Å². The standard InChI is InChI=1S/C19H22N4O/c1-21-8-4-17(13-19(21)24)16-5-9-22(10-6-16)14-15-3-11-23-18(12-15)2-7-20-23/h2-4,7-8,11-13,16H,5-6,9-10,14H2,1H3. The van der Waals surface area contributed by atoms with E-state index in [0.29, 0.717) is 5.92 Å². The normalized spacial score (nSPS) is 16.7. The summed E-state index contributed by atoms with van der Waals surface area (Å²) in [5, 5.41) is 4.24. The van der Waals surface area contributed by atoms with E-state index in [4.69, 9.17) is 0 Å². The van der Waals surface area contributed by atoms with Crippen molar-refractivity contribution in [1.82, 2.24) is 19.1 Å². The van der Waals surface area contributed by atoms with E-state index in [1.807, 2.05) is 29.2 Å². The third kappa shape index (κ3) is 2.99. The van der Waals surface area contributed by atoms with Crippen LogP contribution in [0.15, 0.2) is 53.7 Å². The molecule has 0 spiro atoms. The fourth-order valence-corrected chi connectivity index (χ4v) is 3.57. The highest BCUT2D eigenvalue weighted by atomic mass is 16.1. The van der Waals surface area contributed by atoms with Crippen LogP contribution in [0.1, 0.15) is 29.9 Å². The fourth-order valence-electron chi connectivity index (χ4n) is 3.57. The predicted molar refractivity (Wildman–Crippen MR) is 94.1 cm³/mol. The van der Waals surface area contributed by atoms with Gasteiger partial charge in [-0.15, -0.1) is 0 Å². The molecule has 0 radical (unpaired) electrons. The first-order valence-corrected chi connectivity index (χ1v) is 8.50. The first-order valence-electron chi connectivity index (χ1n) is 8.50. The van der Waals surface area contributed by atoms with Gasteiger partial charge in [-0.1, -0.05) is 0 Å². The summed E-state index contributed by atoms with van der Waals surface area (Å²) in [6, 6.07) is 10.3. The monoisotopic (exact) mass is 322 g/mol. The molecule has 0 aliphatic carbocycles. The minimum Gasteiger partial charge on any atom is -0.319 e. The zero-order valence-corrected chi connectivity index (χ0v) is 13.9. The summed E-state index contributed by atoms with van der Waals surface area (Å²) in [6.07, 6.45) is 7.96. The number of hydrogen-bond donors (Lipinski definition) is 0. The molecule has 124 valence electrons. The molecule has 1 aliphatic rings. The van der Waals surface area contributed by atoms with Crippen molar-refractivity contribution in [3.05, 3.63) is 70.4 Å². The van der Waals surface area contributed by atoms with Gasteiger partial charge in [0.05, 0.1) is 5.52 Å². The molecule has 0 atom stereocenters. The molecular formula is C19H22N4O. The van der Waals surface area contributed by atoms with Crippen molar-refractivity contribution in [2.45, 2.75) is 25.3 Å². The number of likely N-dealkylation sites (tertiary alicyclic amines) is 1. The fraction of sp³-hybridized carbons (Fsp3) is 0.368. The van der Waals surface area contributed by atoms with Crippen LogP contribution in [-0.2, 0) is 13.6 Å². The van der Waals surface area contributed by atoms with E-state index in [-0.39, 0.29) is 5.56 Å². The summed E-state index contributed by atoms with van der Waals surface area (Å²) in [6.45, 7) is 3.12. The molecule has 1 saturated heterocycles. The molecule has 3 aromatic heterocycles. The van der Waals surface area contributed by atoms with Gasteiger partial charge < -0.3 is 4.57 Å². The van der Waals surface area contributed by atoms with E-state index >= 15 is 0 Å². The second kappa shape index (κ2) is 6.24. The molecule has 1 fully saturated rings. The third-order valence-electron chi connectivity index (χ3n) is 5.06. The quantitative estimate of drug-likeness (QED) is 0.744. The topological polar surface area (TPSA) is 42.5 Å². The molecule has 0 amide bonds. The van der Waals surface area contributed by atoms with Gasteiger partial charge in [-0.05, 0) is 67.2 Å². The maximum absolute atomic E-state index is 11.8. The summed E-state index contributed by atoms with van der Waals surface area (Å²) in [5.41, 5.74) is 3.75. The van der Waals surface area contributed by atoms with E-state index in [1.165, 1.54) is 11.1 Å². The van der Waals surface area contributed by atoms with Gasteiger partial charge >= 0.3 is 0 Å². The van der Waals surface area contributed by atoms with Crippen LogP contribution in [0.3, 0.4) is 0 Å². The van der Waals surface area contributed by atoms with Crippen molar-refractivity contribution >= 4 is 5.52 Å². The van der Waals surface area contributed by atoms with E-state index in [0.717, 1.165) is 38.0 Å². The van der Waals surface area contributed by atoms with Crippen LogP contribution in [0.5, 0.6) is 0 Å². The Morgan fingerprint density at radius 3 is 2.75 bits per heavy atom. The Kier molecular flexibility index (Phi) is 3.94. The van der Waals surface area contributed by atoms with Crippen LogP contribution in [-0.4, -0.2) is 32.2 Å². The Bertz CT molecular complexity index is 903. The van der Waals surface area contributed by atoms with Crippen LogP contribution in [0, 0.1) is 0 Å². The molecule has 3 aromatic rings. The average Bonchev–Trinajstić information content (AvgIpc) is 3.06. The number of pyridine rings is 2. The van der Waals surface area contributed by atoms with Gasteiger partial charge in [0.1, 0.15) is 0 Å². The zero-order chi connectivity index (χ0) is 16.5. The molecule has 1 aliphatic heterocycles. The van der Waals surface area contributed by atoms with Crippen LogP contribution < -0.4 is 5.56 Å². The lowest BCUT2D eigenvalue weighted by atomic mass is 9.90. The van der Waals surface area contributed by atoms with Gasteiger partial charge in [0.15, 0.2) is 0 Å². The second-order valence-corrected chi connectivity index (χ2v) is 6.70. The predicted octanol–water partition coefficient (Wildman–Crippen LogP) is 2.41. The highest BCUT2D eigenvalue weighted by Crippen LogP contribution is 2.27. The number of aryl methyl sites for hydroxylation is 1. The number of rotatable bonds is 3. The molecule has 5 nitrogen and oxygen atoms in total. The first-order chi connectivity index (χ1) is 11.7. The van der Waals surface area contributed by atoms with Crippen molar-refractivity contribution in [2.75, 3.05) is 13.1 Å². The zero-order valence-electron chi connectivity index (χ0n) is 13.9. The Hall–Kier alpha value is -2.40. The highest BCUT2D eigenvalue weighted by Gasteiger charge is 2.21. The number of fused-ring (bicyclic) bond motifs is 1. The van der Waals surface area contributed by atoms with Crippen LogP contribution in [0.4, 0.5) is 0 Å². The van der Waals surface area contributed by atoms with E-state index in [1.54, 1.807) is 17.7 Å². The largest absolute Gasteiger partial charge is 0.319 e. The molecule has 0 bridgehead atoms. The van der Waals surface area contributed by atoms with Gasteiger partial charge in [-0.2, -0.15) is 5.10 Å². The van der Waals surface area contributed by atoms with Crippen molar-refractivity contribution in [2.24, 2.45) is 7.05 Å². The third-order valence-corrected chi connectivity index (χ3v) is 5.06. The lowest BCUT2D eigenvalue weighted by Gasteiger charge is -2.32. The Morgan fingerprint density at radius 2 is 1.96 bits per heavy atom. The van der Waals surface area contributed by atoms with Gasteiger partial charge in [0.2, 0.25) is 0 Å². The average molecular weight is 322 g/mol. The molecule has 4 rings (SSSR count). The van der Waals surface area contributed by atoms with Crippen LogP contribution in [0.25, 0.3) is 5.52 Å². The second-order valence-electron chi connectivity index (χ2n) is 6.70. The Labute approximate surface area is 141 Å². The van der Waals surface area contributed by atoms with Crippen molar-refractivity contribution < 1.29 is 0 Å².